The van der Waals surface area contributed by atoms with E-state index < -0.39 is 4.92 Å². The van der Waals surface area contributed by atoms with E-state index in [1.807, 2.05) is 11.9 Å². The first-order chi connectivity index (χ1) is 7.58. The van der Waals surface area contributed by atoms with Crippen LogP contribution < -0.4 is 10.6 Å². The molecular weight excluding hydrogens is 208 g/mol. The van der Waals surface area contributed by atoms with Gasteiger partial charge in [-0.05, 0) is 19.3 Å². The minimum absolute atomic E-state index is 0.00586. The average molecular weight is 222 g/mol. The molecule has 1 aromatic rings. The molecule has 0 spiro atoms. The summed E-state index contributed by atoms with van der Waals surface area (Å²) in [5.41, 5.74) is 5.55. The zero-order valence-corrected chi connectivity index (χ0v) is 9.09. The molecule has 2 N–H and O–H groups in total. The molecule has 1 aromatic heterocycles. The van der Waals surface area contributed by atoms with Gasteiger partial charge in [-0.15, -0.1) is 0 Å². The number of nitro groups is 1. The summed E-state index contributed by atoms with van der Waals surface area (Å²) in [4.78, 5) is 16.3. The van der Waals surface area contributed by atoms with Crippen LogP contribution in [0.3, 0.4) is 0 Å². The smallest absolute Gasteiger partial charge is 0.276 e. The van der Waals surface area contributed by atoms with Gasteiger partial charge in [0.05, 0.1) is 17.1 Å². The van der Waals surface area contributed by atoms with Gasteiger partial charge in [-0.2, -0.15) is 0 Å². The topological polar surface area (TPSA) is 85.3 Å². The highest BCUT2D eigenvalue weighted by atomic mass is 16.6. The van der Waals surface area contributed by atoms with Gasteiger partial charge in [0.2, 0.25) is 0 Å². The molecule has 0 aromatic carbocycles. The summed E-state index contributed by atoms with van der Waals surface area (Å²) in [5.74, 6) is 0.770. The van der Waals surface area contributed by atoms with Crippen LogP contribution in [-0.4, -0.2) is 23.0 Å². The third-order valence-electron chi connectivity index (χ3n) is 3.01. The summed E-state index contributed by atoms with van der Waals surface area (Å²) in [7, 11) is 1.90. The van der Waals surface area contributed by atoms with Gasteiger partial charge in [0.15, 0.2) is 0 Å². The largest absolute Gasteiger partial charge is 0.383 e. The Morgan fingerprint density at radius 1 is 1.56 bits per heavy atom. The van der Waals surface area contributed by atoms with Crippen LogP contribution in [0.25, 0.3) is 0 Å². The van der Waals surface area contributed by atoms with E-state index in [1.54, 1.807) is 0 Å². The number of hydrogen-bond acceptors (Lipinski definition) is 5. The molecular formula is C10H14N4O2. The minimum Gasteiger partial charge on any atom is -0.383 e. The molecule has 0 bridgehead atoms. The molecule has 0 radical (unpaired) electrons. The van der Waals surface area contributed by atoms with Crippen LogP contribution in [0.5, 0.6) is 0 Å². The van der Waals surface area contributed by atoms with Crippen molar-refractivity contribution in [3.8, 4) is 0 Å². The number of rotatable bonds is 3. The Kier molecular flexibility index (Phi) is 2.64. The lowest BCUT2D eigenvalue weighted by atomic mass is 9.92. The van der Waals surface area contributed by atoms with Gasteiger partial charge < -0.3 is 10.6 Å². The van der Waals surface area contributed by atoms with Crippen molar-refractivity contribution < 1.29 is 4.92 Å². The van der Waals surface area contributed by atoms with Gasteiger partial charge in [-0.3, -0.25) is 10.1 Å². The second kappa shape index (κ2) is 3.96. The van der Waals surface area contributed by atoms with Crippen molar-refractivity contribution in [3.05, 3.63) is 22.2 Å². The zero-order chi connectivity index (χ0) is 11.7. The van der Waals surface area contributed by atoms with Crippen molar-refractivity contribution in [1.29, 1.82) is 0 Å². The number of aromatic nitrogens is 1. The molecule has 86 valence electrons. The number of nitrogens with zero attached hydrogens (tertiary/aromatic N) is 3. The van der Waals surface area contributed by atoms with Crippen LogP contribution in [0.4, 0.5) is 17.3 Å². The summed E-state index contributed by atoms with van der Waals surface area (Å²) >= 11 is 0. The summed E-state index contributed by atoms with van der Waals surface area (Å²) in [5, 5.41) is 10.7. The quantitative estimate of drug-likeness (QED) is 0.619. The monoisotopic (exact) mass is 222 g/mol. The molecule has 1 aliphatic rings. The first-order valence-electron chi connectivity index (χ1n) is 5.22. The van der Waals surface area contributed by atoms with E-state index in [4.69, 9.17) is 5.73 Å². The van der Waals surface area contributed by atoms with E-state index in [2.05, 4.69) is 4.98 Å². The fourth-order valence-electron chi connectivity index (χ4n) is 1.77. The van der Waals surface area contributed by atoms with Gasteiger partial charge >= 0.3 is 0 Å². The standard InChI is InChI=1S/C10H14N4O2/c1-13(7-3-2-4-7)10-6-8(14(15)16)5-9(11)12-10/h5-7H,2-4H2,1H3,(H2,11,12). The first kappa shape index (κ1) is 10.7. The van der Waals surface area contributed by atoms with E-state index in [-0.39, 0.29) is 11.5 Å². The van der Waals surface area contributed by atoms with Crippen LogP contribution in [-0.2, 0) is 0 Å². The Morgan fingerprint density at radius 3 is 2.75 bits per heavy atom. The van der Waals surface area contributed by atoms with Crippen LogP contribution in [0.2, 0.25) is 0 Å². The highest BCUT2D eigenvalue weighted by Gasteiger charge is 2.24. The number of nitrogen functional groups attached to an aromatic ring is 1. The lowest BCUT2D eigenvalue weighted by Gasteiger charge is -2.35. The maximum atomic E-state index is 10.7. The Balaban J connectivity index is 2.28. The molecule has 6 heteroatoms. The second-order valence-corrected chi connectivity index (χ2v) is 4.06. The first-order valence-corrected chi connectivity index (χ1v) is 5.22. The maximum Gasteiger partial charge on any atom is 0.276 e. The van der Waals surface area contributed by atoms with E-state index in [0.717, 1.165) is 12.8 Å². The Hall–Kier alpha value is -1.85. The zero-order valence-electron chi connectivity index (χ0n) is 9.09. The van der Waals surface area contributed by atoms with Crippen molar-refractivity contribution in [1.82, 2.24) is 4.98 Å². The van der Waals surface area contributed by atoms with Crippen molar-refractivity contribution in [3.63, 3.8) is 0 Å². The molecule has 6 nitrogen and oxygen atoms in total. The molecule has 16 heavy (non-hydrogen) atoms. The summed E-state index contributed by atoms with van der Waals surface area (Å²) in [6.45, 7) is 0. The van der Waals surface area contributed by atoms with Gasteiger partial charge in [0.25, 0.3) is 5.69 Å². The molecule has 0 atom stereocenters. The molecule has 0 saturated heterocycles. The van der Waals surface area contributed by atoms with Gasteiger partial charge in [-0.1, -0.05) is 0 Å². The number of pyridine rings is 1. The number of nitrogens with two attached hydrogens (primary N) is 1. The van der Waals surface area contributed by atoms with Gasteiger partial charge in [0, 0.05) is 13.1 Å². The van der Waals surface area contributed by atoms with Crippen LogP contribution in [0.15, 0.2) is 12.1 Å². The maximum absolute atomic E-state index is 10.7. The van der Waals surface area contributed by atoms with Crippen molar-refractivity contribution >= 4 is 17.3 Å². The number of hydrogen-bond donors (Lipinski definition) is 1. The molecule has 1 fully saturated rings. The fraction of sp³-hybridized carbons (Fsp3) is 0.500. The molecule has 1 heterocycles. The fourth-order valence-corrected chi connectivity index (χ4v) is 1.77. The summed E-state index contributed by atoms with van der Waals surface area (Å²) in [6.07, 6.45) is 3.43. The average Bonchev–Trinajstić information content (AvgIpc) is 2.13. The molecule has 0 unspecified atom stereocenters. The van der Waals surface area contributed by atoms with Gasteiger partial charge in [-0.25, -0.2) is 4.98 Å². The molecule has 1 saturated carbocycles. The minimum atomic E-state index is -0.448. The SMILES string of the molecule is CN(c1cc([N+](=O)[O-])cc(N)n1)C1CCC1. The van der Waals surface area contributed by atoms with Gasteiger partial charge in [0.1, 0.15) is 11.6 Å². The normalized spacial score (nSPS) is 15.6. The van der Waals surface area contributed by atoms with Crippen LogP contribution >= 0.6 is 0 Å². The van der Waals surface area contributed by atoms with E-state index in [0.29, 0.717) is 11.9 Å². The Labute approximate surface area is 93.2 Å². The third kappa shape index (κ3) is 1.91. The number of anilines is 2. The Morgan fingerprint density at radius 2 is 2.25 bits per heavy atom. The second-order valence-electron chi connectivity index (χ2n) is 4.06. The van der Waals surface area contributed by atoms with Crippen molar-refractivity contribution in [2.24, 2.45) is 0 Å². The highest BCUT2D eigenvalue weighted by molar-refractivity contribution is 5.54. The molecule has 0 aliphatic heterocycles. The van der Waals surface area contributed by atoms with E-state index in [1.165, 1.54) is 18.6 Å². The Bertz CT molecular complexity index is 417. The van der Waals surface area contributed by atoms with E-state index in [9.17, 15) is 10.1 Å². The molecule has 2 rings (SSSR count). The summed E-state index contributed by atoms with van der Waals surface area (Å²) in [6, 6.07) is 3.18. The third-order valence-corrected chi connectivity index (χ3v) is 3.01. The molecule has 1 aliphatic carbocycles. The summed E-state index contributed by atoms with van der Waals surface area (Å²) < 4.78 is 0. The molecule has 0 amide bonds. The van der Waals surface area contributed by atoms with Crippen LogP contribution in [0.1, 0.15) is 19.3 Å². The van der Waals surface area contributed by atoms with Crippen molar-refractivity contribution in [2.75, 3.05) is 17.7 Å². The van der Waals surface area contributed by atoms with Crippen molar-refractivity contribution in [2.45, 2.75) is 25.3 Å². The lowest BCUT2D eigenvalue weighted by molar-refractivity contribution is -0.384. The predicted octanol–water partition coefficient (Wildman–Crippen LogP) is 1.56. The van der Waals surface area contributed by atoms with Crippen LogP contribution in [0, 0.1) is 10.1 Å². The van der Waals surface area contributed by atoms with E-state index >= 15 is 0 Å². The predicted molar refractivity (Wildman–Crippen MR) is 61.3 cm³/mol. The highest BCUT2D eigenvalue weighted by Crippen LogP contribution is 2.29. The lowest BCUT2D eigenvalue weighted by Crippen LogP contribution is -2.37.